The molecule has 0 amide bonds. The minimum absolute atomic E-state index is 0.200. The van der Waals surface area contributed by atoms with E-state index in [1.807, 2.05) is 18.2 Å². The van der Waals surface area contributed by atoms with Crippen LogP contribution in [-0.4, -0.2) is 4.57 Å². The van der Waals surface area contributed by atoms with E-state index in [1.165, 1.54) is 71.6 Å². The summed E-state index contributed by atoms with van der Waals surface area (Å²) in [5, 5.41) is 7.21. The van der Waals surface area contributed by atoms with E-state index in [4.69, 9.17) is 8.83 Å². The summed E-state index contributed by atoms with van der Waals surface area (Å²) < 4.78 is 14.9. The molecule has 0 saturated carbocycles. The maximum Gasteiger partial charge on any atom is 0.135 e. The highest BCUT2D eigenvalue weighted by Crippen LogP contribution is 2.53. The molecule has 3 nitrogen and oxygen atoms in total. The van der Waals surface area contributed by atoms with Crippen molar-refractivity contribution in [2.24, 2.45) is 0 Å². The van der Waals surface area contributed by atoms with Crippen molar-refractivity contribution in [2.45, 2.75) is 19.3 Å². The predicted octanol–water partition coefficient (Wildman–Crippen LogP) is 12.6. The molecule has 48 heavy (non-hydrogen) atoms. The van der Waals surface area contributed by atoms with Crippen LogP contribution in [0.25, 0.3) is 93.6 Å². The van der Waals surface area contributed by atoms with Gasteiger partial charge >= 0.3 is 0 Å². The molecule has 0 atom stereocenters. The topological polar surface area (TPSA) is 31.2 Å². The van der Waals surface area contributed by atoms with Gasteiger partial charge in [-0.2, -0.15) is 0 Å². The van der Waals surface area contributed by atoms with Crippen molar-refractivity contribution in [1.82, 2.24) is 4.57 Å². The maximum atomic E-state index is 6.32. The lowest BCUT2D eigenvalue weighted by atomic mass is 9.80. The van der Waals surface area contributed by atoms with E-state index in [0.717, 1.165) is 33.1 Å². The molecule has 3 heterocycles. The first kappa shape index (κ1) is 26.1. The molecule has 3 aromatic heterocycles. The van der Waals surface area contributed by atoms with Crippen molar-refractivity contribution in [2.75, 3.05) is 0 Å². The Labute approximate surface area is 276 Å². The third-order valence-electron chi connectivity index (χ3n) is 10.8. The first-order valence-electron chi connectivity index (χ1n) is 16.6. The molecule has 0 spiro atoms. The Bertz CT molecular complexity index is 2980. The fraction of sp³-hybridized carbons (Fsp3) is 0.0667. The second kappa shape index (κ2) is 9.05. The monoisotopic (exact) mass is 615 g/mol. The van der Waals surface area contributed by atoms with Crippen LogP contribution in [0.15, 0.2) is 148 Å². The van der Waals surface area contributed by atoms with Crippen LogP contribution in [0.1, 0.15) is 25.0 Å². The van der Waals surface area contributed by atoms with Gasteiger partial charge in [0.05, 0.1) is 11.0 Å². The summed E-state index contributed by atoms with van der Waals surface area (Å²) in [5.41, 5.74) is 14.8. The van der Waals surface area contributed by atoms with Gasteiger partial charge in [-0.05, 0) is 94.0 Å². The van der Waals surface area contributed by atoms with Gasteiger partial charge in [-0.15, -0.1) is 0 Å². The quantitative estimate of drug-likeness (QED) is 0.194. The van der Waals surface area contributed by atoms with E-state index in [2.05, 4.69) is 140 Å². The second-order valence-electron chi connectivity index (χ2n) is 13.7. The minimum Gasteiger partial charge on any atom is -0.456 e. The zero-order valence-electron chi connectivity index (χ0n) is 26.5. The molecule has 11 rings (SSSR count). The summed E-state index contributed by atoms with van der Waals surface area (Å²) >= 11 is 0. The first-order valence-corrected chi connectivity index (χ1v) is 16.6. The molecule has 3 heteroatoms. The molecule has 10 aromatic rings. The van der Waals surface area contributed by atoms with Gasteiger partial charge in [0, 0.05) is 43.4 Å². The van der Waals surface area contributed by atoms with Gasteiger partial charge in [0.2, 0.25) is 0 Å². The van der Waals surface area contributed by atoms with Crippen LogP contribution in [0.5, 0.6) is 0 Å². The van der Waals surface area contributed by atoms with Gasteiger partial charge < -0.3 is 13.4 Å². The number of hydrogen-bond donors (Lipinski definition) is 0. The molecular formula is C45H29NO2. The fourth-order valence-corrected chi connectivity index (χ4v) is 8.58. The van der Waals surface area contributed by atoms with Crippen molar-refractivity contribution in [3.63, 3.8) is 0 Å². The number of aromatic nitrogens is 1. The highest BCUT2D eigenvalue weighted by Gasteiger charge is 2.38. The lowest BCUT2D eigenvalue weighted by molar-refractivity contribution is 0.656. The van der Waals surface area contributed by atoms with Crippen LogP contribution in [0.3, 0.4) is 0 Å². The van der Waals surface area contributed by atoms with Gasteiger partial charge in [-0.1, -0.05) is 92.7 Å². The van der Waals surface area contributed by atoms with Crippen molar-refractivity contribution < 1.29 is 8.83 Å². The Hall–Kier alpha value is -6.06. The van der Waals surface area contributed by atoms with Gasteiger partial charge in [0.15, 0.2) is 0 Å². The number of nitrogens with zero attached hydrogens (tertiary/aromatic N) is 1. The molecule has 0 saturated heterocycles. The highest BCUT2D eigenvalue weighted by atomic mass is 16.3. The molecule has 0 bridgehead atoms. The Kier molecular flexibility index (Phi) is 4.91. The minimum atomic E-state index is -0.200. The molecule has 0 N–H and O–H groups in total. The highest BCUT2D eigenvalue weighted by molar-refractivity contribution is 6.13. The zero-order valence-corrected chi connectivity index (χ0v) is 26.5. The molecule has 0 aliphatic heterocycles. The van der Waals surface area contributed by atoms with E-state index in [9.17, 15) is 0 Å². The van der Waals surface area contributed by atoms with Crippen LogP contribution in [0.2, 0.25) is 0 Å². The summed E-state index contributed by atoms with van der Waals surface area (Å²) in [6.45, 7) is 4.72. The zero-order chi connectivity index (χ0) is 31.7. The molecule has 0 fully saturated rings. The van der Waals surface area contributed by atoms with Crippen LogP contribution in [0.4, 0.5) is 0 Å². The molecule has 0 unspecified atom stereocenters. The first-order chi connectivity index (χ1) is 23.5. The fourth-order valence-electron chi connectivity index (χ4n) is 8.58. The Morgan fingerprint density at radius 1 is 0.458 bits per heavy atom. The van der Waals surface area contributed by atoms with Gasteiger partial charge in [0.25, 0.3) is 0 Å². The Balaban J connectivity index is 1.10. The number of furan rings is 2. The van der Waals surface area contributed by atoms with Crippen LogP contribution < -0.4 is 0 Å². The SMILES string of the molecule is CC1(C)c2cc(-n3c4ccccc4c4cc(-c5ccc6oc7ccccc7c6c5)ccc43)ccc2-c2ccc3oc4ccccc4c3c21. The van der Waals surface area contributed by atoms with Gasteiger partial charge in [-0.3, -0.25) is 0 Å². The van der Waals surface area contributed by atoms with Crippen LogP contribution >= 0.6 is 0 Å². The van der Waals surface area contributed by atoms with E-state index in [1.54, 1.807) is 0 Å². The average molecular weight is 616 g/mol. The molecule has 1 aliphatic carbocycles. The summed E-state index contributed by atoms with van der Waals surface area (Å²) in [4.78, 5) is 0. The number of benzene rings is 7. The Morgan fingerprint density at radius 2 is 1.06 bits per heavy atom. The molecule has 0 radical (unpaired) electrons. The number of para-hydroxylation sites is 3. The molecule has 226 valence electrons. The molecular weight excluding hydrogens is 587 g/mol. The third kappa shape index (κ3) is 3.33. The summed E-state index contributed by atoms with van der Waals surface area (Å²) in [6, 6.07) is 50.3. The van der Waals surface area contributed by atoms with Crippen molar-refractivity contribution in [3.05, 3.63) is 151 Å². The van der Waals surface area contributed by atoms with E-state index >= 15 is 0 Å². The lowest BCUT2D eigenvalue weighted by Crippen LogP contribution is -2.15. The third-order valence-corrected chi connectivity index (χ3v) is 10.8. The van der Waals surface area contributed by atoms with Crippen molar-refractivity contribution in [3.8, 4) is 27.9 Å². The Morgan fingerprint density at radius 3 is 1.92 bits per heavy atom. The lowest BCUT2D eigenvalue weighted by Gasteiger charge is -2.23. The average Bonchev–Trinajstić information content (AvgIpc) is 3.84. The van der Waals surface area contributed by atoms with Crippen LogP contribution in [-0.2, 0) is 5.41 Å². The normalized spacial score (nSPS) is 13.8. The van der Waals surface area contributed by atoms with Crippen molar-refractivity contribution >= 4 is 65.7 Å². The summed E-state index contributed by atoms with van der Waals surface area (Å²) in [7, 11) is 0. The van der Waals surface area contributed by atoms with E-state index in [-0.39, 0.29) is 5.41 Å². The van der Waals surface area contributed by atoms with Crippen molar-refractivity contribution in [1.29, 1.82) is 0 Å². The predicted molar refractivity (Wildman–Crippen MR) is 198 cm³/mol. The standard InChI is InChI=1S/C45H29NO2/c1-45(2)36-25-28(17-18-29(36)32-19-22-42-43(44(32)45)33-11-5-8-14-40(33)48-42)46-37-12-6-3-9-30(37)34-23-26(15-20-38(34)46)27-16-21-41-35(24-27)31-10-4-7-13-39(31)47-41/h3-25H,1-2H3. The van der Waals surface area contributed by atoms with Gasteiger partial charge in [0.1, 0.15) is 22.3 Å². The van der Waals surface area contributed by atoms with Crippen LogP contribution in [0, 0.1) is 0 Å². The van der Waals surface area contributed by atoms with Gasteiger partial charge in [-0.25, -0.2) is 0 Å². The maximum absolute atomic E-state index is 6.32. The van der Waals surface area contributed by atoms with E-state index < -0.39 is 0 Å². The smallest absolute Gasteiger partial charge is 0.135 e. The molecule has 1 aliphatic rings. The number of hydrogen-bond acceptors (Lipinski definition) is 2. The number of fused-ring (bicyclic) bond motifs is 13. The summed E-state index contributed by atoms with van der Waals surface area (Å²) in [6.07, 6.45) is 0. The molecule has 7 aromatic carbocycles. The second-order valence-corrected chi connectivity index (χ2v) is 13.7. The number of rotatable bonds is 2. The summed E-state index contributed by atoms with van der Waals surface area (Å²) in [5.74, 6) is 0. The van der Waals surface area contributed by atoms with E-state index in [0.29, 0.717) is 0 Å². The largest absolute Gasteiger partial charge is 0.456 e.